The molecule has 3 aliphatic carbocycles. The largest absolute Gasteiger partial charge is 0.504 e. The van der Waals surface area contributed by atoms with E-state index in [1.165, 1.54) is 24.8 Å². The van der Waals surface area contributed by atoms with Crippen molar-refractivity contribution >= 4 is 5.78 Å². The van der Waals surface area contributed by atoms with Crippen LogP contribution in [0.25, 0.3) is 0 Å². The molecule has 0 amide bonds. The summed E-state index contributed by atoms with van der Waals surface area (Å²) in [7, 11) is 1.83. The fourth-order valence-corrected chi connectivity index (χ4v) is 7.54. The molecule has 150 valence electrons. The molecular formula is C23H29NO4. The minimum absolute atomic E-state index is 0.125. The summed E-state index contributed by atoms with van der Waals surface area (Å²) in [6, 6.07) is 4.04. The number of benzene rings is 1. The quantitative estimate of drug-likeness (QED) is 0.870. The Kier molecular flexibility index (Phi) is 3.40. The molecule has 2 bridgehead atoms. The lowest BCUT2D eigenvalue weighted by atomic mass is 9.46. The smallest absolute Gasteiger partial charge is 0.174 e. The lowest BCUT2D eigenvalue weighted by Crippen LogP contribution is -2.79. The minimum Gasteiger partial charge on any atom is -0.504 e. The molecule has 5 atom stereocenters. The van der Waals surface area contributed by atoms with Gasteiger partial charge in [0.1, 0.15) is 5.60 Å². The van der Waals surface area contributed by atoms with Gasteiger partial charge in [-0.25, -0.2) is 0 Å². The third kappa shape index (κ3) is 1.75. The molecule has 1 N–H and O–H groups in total. The van der Waals surface area contributed by atoms with Crippen LogP contribution in [-0.4, -0.2) is 53.7 Å². The van der Waals surface area contributed by atoms with Gasteiger partial charge in [-0.15, -0.1) is 0 Å². The van der Waals surface area contributed by atoms with Crippen LogP contribution in [0.2, 0.25) is 0 Å². The van der Waals surface area contributed by atoms with Gasteiger partial charge in [-0.2, -0.15) is 0 Å². The number of phenolic OH excluding ortho intramolecular Hbond substituents is 1. The molecule has 3 fully saturated rings. The van der Waals surface area contributed by atoms with Crippen molar-refractivity contribution in [3.63, 3.8) is 0 Å². The zero-order valence-electron chi connectivity index (χ0n) is 16.7. The van der Waals surface area contributed by atoms with E-state index >= 15 is 0 Å². The predicted octanol–water partition coefficient (Wildman–Crippen LogP) is 2.82. The summed E-state index contributed by atoms with van der Waals surface area (Å²) in [4.78, 5) is 15.8. The number of carbonyl (C=O) groups is 1. The molecule has 0 radical (unpaired) electrons. The van der Waals surface area contributed by atoms with Gasteiger partial charge in [-0.3, -0.25) is 9.69 Å². The first kappa shape index (κ1) is 17.3. The summed E-state index contributed by atoms with van der Waals surface area (Å²) < 4.78 is 12.8. The standard InChI is InChI=1S/C23H29NO4/c1-13-10-17(26)21-22-8-9-24(12-14-4-3-5-14)18(23(13,22)27-2)11-15-6-7-16(25)20(28-21)19(15)22/h6-7,13-14,18,21,25H,3-5,8-12H2,1-2H3/t13-,18-,21+,22+,23?/m1/s1. The maximum Gasteiger partial charge on any atom is 0.174 e. The van der Waals surface area contributed by atoms with Crippen LogP contribution in [0.15, 0.2) is 12.1 Å². The van der Waals surface area contributed by atoms with E-state index in [2.05, 4.69) is 11.8 Å². The van der Waals surface area contributed by atoms with Crippen LogP contribution in [0, 0.1) is 11.8 Å². The molecule has 5 aliphatic rings. The van der Waals surface area contributed by atoms with Crippen molar-refractivity contribution in [1.29, 1.82) is 0 Å². The van der Waals surface area contributed by atoms with E-state index in [-0.39, 0.29) is 23.5 Å². The predicted molar refractivity (Wildman–Crippen MR) is 104 cm³/mol. The van der Waals surface area contributed by atoms with E-state index in [0.29, 0.717) is 12.2 Å². The molecule has 28 heavy (non-hydrogen) atoms. The Morgan fingerprint density at radius 3 is 2.86 bits per heavy atom. The molecule has 1 aromatic carbocycles. The number of methoxy groups -OCH3 is 1. The van der Waals surface area contributed by atoms with Crippen molar-refractivity contribution in [2.24, 2.45) is 11.8 Å². The Morgan fingerprint density at radius 1 is 1.32 bits per heavy atom. The van der Waals surface area contributed by atoms with Gasteiger partial charge in [0.25, 0.3) is 0 Å². The topological polar surface area (TPSA) is 59.0 Å². The van der Waals surface area contributed by atoms with Crippen LogP contribution in [0.1, 0.15) is 50.2 Å². The lowest BCUT2D eigenvalue weighted by molar-refractivity contribution is -0.224. The number of ketones is 1. The number of nitrogens with zero attached hydrogens (tertiary/aromatic N) is 1. The second-order valence-electron chi connectivity index (χ2n) is 9.75. The third-order valence-corrected chi connectivity index (χ3v) is 8.78. The Balaban J connectivity index is 1.58. The highest BCUT2D eigenvalue weighted by molar-refractivity contribution is 5.90. The number of carbonyl (C=O) groups excluding carboxylic acids is 1. The Hall–Kier alpha value is -1.59. The minimum atomic E-state index is -0.528. The second kappa shape index (κ2) is 5.51. The van der Waals surface area contributed by atoms with Gasteiger partial charge in [0.05, 0.1) is 5.41 Å². The molecule has 6 rings (SSSR count). The number of phenols is 1. The molecule has 1 unspecified atom stereocenters. The summed E-state index contributed by atoms with van der Waals surface area (Å²) >= 11 is 0. The second-order valence-corrected chi connectivity index (χ2v) is 9.75. The maximum absolute atomic E-state index is 13.1. The number of rotatable bonds is 3. The van der Waals surface area contributed by atoms with Gasteiger partial charge >= 0.3 is 0 Å². The van der Waals surface area contributed by atoms with E-state index < -0.39 is 17.1 Å². The Labute approximate surface area is 166 Å². The first-order valence-electron chi connectivity index (χ1n) is 10.9. The van der Waals surface area contributed by atoms with Crippen molar-refractivity contribution in [2.75, 3.05) is 20.2 Å². The number of aromatic hydroxyl groups is 1. The van der Waals surface area contributed by atoms with Crippen molar-refractivity contribution in [1.82, 2.24) is 4.90 Å². The monoisotopic (exact) mass is 383 g/mol. The van der Waals surface area contributed by atoms with Crippen molar-refractivity contribution in [3.05, 3.63) is 23.3 Å². The summed E-state index contributed by atoms with van der Waals surface area (Å²) in [5.41, 5.74) is 1.38. The number of Topliss-reactive ketones (excluding diaryl/α,β-unsaturated/α-hetero) is 1. The average molecular weight is 383 g/mol. The zero-order chi connectivity index (χ0) is 19.3. The van der Waals surface area contributed by atoms with Crippen LogP contribution in [0.3, 0.4) is 0 Å². The van der Waals surface area contributed by atoms with Crippen LogP contribution in [-0.2, 0) is 21.4 Å². The van der Waals surface area contributed by atoms with E-state index in [1.807, 2.05) is 13.2 Å². The maximum atomic E-state index is 13.1. The Bertz CT molecular complexity index is 864. The van der Waals surface area contributed by atoms with Crippen LogP contribution in [0.4, 0.5) is 0 Å². The number of piperidine rings is 1. The molecule has 5 heteroatoms. The number of hydrogen-bond acceptors (Lipinski definition) is 5. The summed E-state index contributed by atoms with van der Waals surface area (Å²) in [6.07, 6.45) is 5.74. The fraction of sp³-hybridized carbons (Fsp3) is 0.696. The number of ether oxygens (including phenoxy) is 2. The first-order valence-corrected chi connectivity index (χ1v) is 10.9. The molecule has 1 saturated heterocycles. The molecule has 1 aromatic rings. The molecule has 2 saturated carbocycles. The molecule has 1 spiro atoms. The highest BCUT2D eigenvalue weighted by atomic mass is 16.5. The van der Waals surface area contributed by atoms with Gasteiger partial charge in [-0.05, 0) is 55.7 Å². The highest BCUT2D eigenvalue weighted by Gasteiger charge is 2.76. The summed E-state index contributed by atoms with van der Waals surface area (Å²) in [5, 5.41) is 10.5. The molecule has 0 aromatic heterocycles. The Morgan fingerprint density at radius 2 is 2.14 bits per heavy atom. The van der Waals surface area contributed by atoms with Crippen LogP contribution < -0.4 is 4.74 Å². The van der Waals surface area contributed by atoms with E-state index in [9.17, 15) is 9.90 Å². The van der Waals surface area contributed by atoms with Crippen molar-refractivity contribution in [3.8, 4) is 11.5 Å². The van der Waals surface area contributed by atoms with Crippen LogP contribution >= 0.6 is 0 Å². The van der Waals surface area contributed by atoms with Gasteiger partial charge in [-0.1, -0.05) is 19.4 Å². The molecule has 2 heterocycles. The van der Waals surface area contributed by atoms with Crippen LogP contribution in [0.5, 0.6) is 11.5 Å². The molecule has 2 aliphatic heterocycles. The molecule has 5 nitrogen and oxygen atoms in total. The van der Waals surface area contributed by atoms with Crippen molar-refractivity contribution in [2.45, 2.75) is 68.6 Å². The SMILES string of the molecule is COC12[C@H](C)CC(=O)[C@@H]3Oc4c(O)ccc5c4[C@@]31CCN(CC1CCC1)[C@@H]2C5. The van der Waals surface area contributed by atoms with Crippen molar-refractivity contribution < 1.29 is 19.4 Å². The average Bonchev–Trinajstić information content (AvgIpc) is 2.99. The first-order chi connectivity index (χ1) is 13.5. The van der Waals surface area contributed by atoms with E-state index in [1.54, 1.807) is 6.07 Å². The highest BCUT2D eigenvalue weighted by Crippen LogP contribution is 2.67. The summed E-state index contributed by atoms with van der Waals surface area (Å²) in [5.74, 6) is 1.78. The fourth-order valence-electron chi connectivity index (χ4n) is 7.54. The number of likely N-dealkylation sites (tertiary alicyclic amines) is 1. The van der Waals surface area contributed by atoms with Gasteiger partial charge in [0, 0.05) is 31.7 Å². The van der Waals surface area contributed by atoms with Gasteiger partial charge < -0.3 is 14.6 Å². The summed E-state index contributed by atoms with van der Waals surface area (Å²) in [6.45, 7) is 4.30. The van der Waals surface area contributed by atoms with E-state index in [4.69, 9.17) is 9.47 Å². The van der Waals surface area contributed by atoms with E-state index in [0.717, 1.165) is 37.4 Å². The normalized spacial score (nSPS) is 41.4. The van der Waals surface area contributed by atoms with Gasteiger partial charge in [0.2, 0.25) is 0 Å². The lowest BCUT2D eigenvalue weighted by Gasteiger charge is -2.66. The number of hydrogen-bond donors (Lipinski definition) is 1. The molecular weight excluding hydrogens is 354 g/mol. The zero-order valence-corrected chi connectivity index (χ0v) is 16.7. The van der Waals surface area contributed by atoms with Gasteiger partial charge in [0.15, 0.2) is 23.4 Å². The third-order valence-electron chi connectivity index (χ3n) is 8.78.